The Morgan fingerprint density at radius 3 is 2.13 bits per heavy atom. The molecule has 0 N–H and O–H groups in total. The monoisotopic (exact) mass is 336 g/mol. The number of hydrogen-bond donors (Lipinski definition) is 0. The average Bonchev–Trinajstić information content (AvgIpc) is 3.38. The number of benzene rings is 1. The van der Waals surface area contributed by atoms with Crippen molar-refractivity contribution in [3.05, 3.63) is 29.8 Å². The van der Waals surface area contributed by atoms with E-state index in [0.717, 1.165) is 19.1 Å². The highest BCUT2D eigenvalue weighted by atomic mass is 32.2. The molecule has 0 radical (unpaired) electrons. The summed E-state index contributed by atoms with van der Waals surface area (Å²) in [7, 11) is -3.46. The molecule has 1 aliphatic heterocycles. The number of sulfone groups is 1. The molecule has 3 rings (SSSR count). The van der Waals surface area contributed by atoms with Gasteiger partial charge in [0, 0.05) is 38.4 Å². The van der Waals surface area contributed by atoms with E-state index >= 15 is 0 Å². The number of hydrogen-bond acceptors (Lipinski definition) is 4. The summed E-state index contributed by atoms with van der Waals surface area (Å²) in [6.07, 6.45) is 3.05. The molecular weight excluding hydrogens is 316 g/mol. The third-order valence-electron chi connectivity index (χ3n) is 4.32. The molecule has 1 aromatic carbocycles. The fraction of sp³-hybridized carbons (Fsp3) is 0.500. The van der Waals surface area contributed by atoms with Gasteiger partial charge in [-0.3, -0.25) is 9.59 Å². The highest BCUT2D eigenvalue weighted by Gasteiger charge is 2.35. The zero-order chi connectivity index (χ0) is 16.6. The predicted octanol–water partition coefficient (Wildman–Crippen LogP) is 0.784. The Morgan fingerprint density at radius 2 is 1.57 bits per heavy atom. The molecule has 23 heavy (non-hydrogen) atoms. The molecule has 2 amide bonds. The highest BCUT2D eigenvalue weighted by Crippen LogP contribution is 2.31. The first-order valence-electron chi connectivity index (χ1n) is 7.75. The second-order valence-electron chi connectivity index (χ2n) is 6.16. The average molecular weight is 336 g/mol. The molecule has 0 bridgehead atoms. The molecule has 1 aliphatic carbocycles. The predicted molar refractivity (Wildman–Crippen MR) is 84.8 cm³/mol. The van der Waals surface area contributed by atoms with E-state index in [-0.39, 0.29) is 28.2 Å². The van der Waals surface area contributed by atoms with Gasteiger partial charge >= 0.3 is 0 Å². The molecule has 6 nitrogen and oxygen atoms in total. The van der Waals surface area contributed by atoms with Gasteiger partial charge in [0.25, 0.3) is 5.91 Å². The molecular formula is C16H20N2O4S. The van der Waals surface area contributed by atoms with Gasteiger partial charge < -0.3 is 9.80 Å². The third kappa shape index (κ3) is 3.39. The van der Waals surface area contributed by atoms with Crippen LogP contribution in [0, 0.1) is 5.92 Å². The van der Waals surface area contributed by atoms with Crippen LogP contribution >= 0.6 is 0 Å². The van der Waals surface area contributed by atoms with Crippen molar-refractivity contribution in [2.24, 2.45) is 5.92 Å². The van der Waals surface area contributed by atoms with Crippen molar-refractivity contribution in [1.29, 1.82) is 0 Å². The molecule has 0 spiro atoms. The molecule has 1 aromatic rings. The van der Waals surface area contributed by atoms with Crippen LogP contribution in [0.3, 0.4) is 0 Å². The largest absolute Gasteiger partial charge is 0.339 e. The number of rotatable bonds is 3. The van der Waals surface area contributed by atoms with E-state index in [9.17, 15) is 18.0 Å². The maximum Gasteiger partial charge on any atom is 0.255 e. The molecule has 1 saturated heterocycles. The quantitative estimate of drug-likeness (QED) is 0.818. The van der Waals surface area contributed by atoms with Gasteiger partial charge in [-0.05, 0) is 25.0 Å². The van der Waals surface area contributed by atoms with E-state index in [1.54, 1.807) is 23.1 Å². The lowest BCUT2D eigenvalue weighted by Crippen LogP contribution is -2.51. The second-order valence-corrected chi connectivity index (χ2v) is 8.14. The van der Waals surface area contributed by atoms with Gasteiger partial charge in [0.15, 0.2) is 9.84 Å². The maximum atomic E-state index is 12.6. The van der Waals surface area contributed by atoms with Crippen molar-refractivity contribution < 1.29 is 18.0 Å². The van der Waals surface area contributed by atoms with Gasteiger partial charge in [-0.2, -0.15) is 0 Å². The first-order valence-corrected chi connectivity index (χ1v) is 9.64. The molecule has 7 heteroatoms. The van der Waals surface area contributed by atoms with E-state index < -0.39 is 9.84 Å². The SMILES string of the molecule is CS(=O)(=O)c1ccccc1C(=O)N1CCN(C(=O)C2CC2)CC1. The van der Waals surface area contributed by atoms with Crippen LogP contribution in [-0.2, 0) is 14.6 Å². The highest BCUT2D eigenvalue weighted by molar-refractivity contribution is 7.90. The Hall–Kier alpha value is -1.89. The van der Waals surface area contributed by atoms with E-state index in [0.29, 0.717) is 26.2 Å². The van der Waals surface area contributed by atoms with Crippen molar-refractivity contribution in [3.8, 4) is 0 Å². The van der Waals surface area contributed by atoms with Gasteiger partial charge in [-0.15, -0.1) is 0 Å². The number of carbonyl (C=O) groups excluding carboxylic acids is 2. The Morgan fingerprint density at radius 1 is 1.00 bits per heavy atom. The van der Waals surface area contributed by atoms with Gasteiger partial charge in [-0.1, -0.05) is 12.1 Å². The van der Waals surface area contributed by atoms with Gasteiger partial charge in [0.05, 0.1) is 10.5 Å². The number of amides is 2. The van der Waals surface area contributed by atoms with E-state index in [2.05, 4.69) is 0 Å². The standard InChI is InChI=1S/C16H20N2O4S/c1-23(21,22)14-5-3-2-4-13(14)16(20)18-10-8-17(9-11-18)15(19)12-6-7-12/h2-5,12H,6-11H2,1H3. The number of nitrogens with zero attached hydrogens (tertiary/aromatic N) is 2. The van der Waals surface area contributed by atoms with Crippen LogP contribution in [0.5, 0.6) is 0 Å². The maximum absolute atomic E-state index is 12.6. The van der Waals surface area contributed by atoms with Crippen LogP contribution in [0.1, 0.15) is 23.2 Å². The van der Waals surface area contributed by atoms with Crippen LogP contribution in [0.15, 0.2) is 29.2 Å². The minimum Gasteiger partial charge on any atom is -0.339 e. The van der Waals surface area contributed by atoms with Crippen LogP contribution in [0.4, 0.5) is 0 Å². The summed E-state index contributed by atoms with van der Waals surface area (Å²) >= 11 is 0. The lowest BCUT2D eigenvalue weighted by Gasteiger charge is -2.35. The van der Waals surface area contributed by atoms with Crippen LogP contribution in [0.2, 0.25) is 0 Å². The van der Waals surface area contributed by atoms with E-state index in [1.807, 2.05) is 4.90 Å². The van der Waals surface area contributed by atoms with Crippen molar-refractivity contribution in [2.75, 3.05) is 32.4 Å². The Bertz CT molecular complexity index is 732. The second kappa shape index (κ2) is 5.96. The molecule has 0 atom stereocenters. The molecule has 124 valence electrons. The van der Waals surface area contributed by atoms with E-state index in [1.165, 1.54) is 6.07 Å². The molecule has 2 aliphatic rings. The molecule has 2 fully saturated rings. The summed E-state index contributed by atoms with van der Waals surface area (Å²) < 4.78 is 23.7. The fourth-order valence-corrected chi connectivity index (χ4v) is 3.74. The summed E-state index contributed by atoms with van der Waals surface area (Å²) in [6, 6.07) is 6.27. The van der Waals surface area contributed by atoms with Crippen LogP contribution in [0.25, 0.3) is 0 Å². The smallest absolute Gasteiger partial charge is 0.255 e. The van der Waals surface area contributed by atoms with E-state index in [4.69, 9.17) is 0 Å². The molecule has 1 heterocycles. The summed E-state index contributed by atoms with van der Waals surface area (Å²) in [5, 5.41) is 0. The number of carbonyl (C=O) groups is 2. The topological polar surface area (TPSA) is 74.8 Å². The summed E-state index contributed by atoms with van der Waals surface area (Å²) in [6.45, 7) is 1.91. The van der Waals surface area contributed by atoms with Gasteiger partial charge in [-0.25, -0.2) is 8.42 Å². The van der Waals surface area contributed by atoms with Crippen molar-refractivity contribution in [2.45, 2.75) is 17.7 Å². The summed E-state index contributed by atoms with van der Waals surface area (Å²) in [5.74, 6) is 0.0846. The Balaban J connectivity index is 1.72. The number of piperazine rings is 1. The van der Waals surface area contributed by atoms with Crippen molar-refractivity contribution in [3.63, 3.8) is 0 Å². The minimum atomic E-state index is -3.46. The van der Waals surface area contributed by atoms with Crippen LogP contribution < -0.4 is 0 Å². The lowest BCUT2D eigenvalue weighted by atomic mass is 10.1. The summed E-state index contributed by atoms with van der Waals surface area (Å²) in [5.41, 5.74) is 0.206. The van der Waals surface area contributed by atoms with Crippen molar-refractivity contribution >= 4 is 21.7 Å². The first kappa shape index (κ1) is 16.0. The van der Waals surface area contributed by atoms with Gasteiger partial charge in [0.2, 0.25) is 5.91 Å². The fourth-order valence-electron chi connectivity index (χ4n) is 2.86. The minimum absolute atomic E-state index is 0.0569. The third-order valence-corrected chi connectivity index (χ3v) is 5.48. The Kier molecular flexibility index (Phi) is 4.14. The zero-order valence-electron chi connectivity index (χ0n) is 13.1. The summed E-state index contributed by atoms with van der Waals surface area (Å²) in [4.78, 5) is 28.2. The molecule has 0 aromatic heterocycles. The van der Waals surface area contributed by atoms with Gasteiger partial charge in [0.1, 0.15) is 0 Å². The van der Waals surface area contributed by atoms with Crippen LogP contribution in [-0.4, -0.2) is 62.5 Å². The first-order chi connectivity index (χ1) is 10.9. The normalized spacial score (nSPS) is 18.8. The molecule has 0 unspecified atom stereocenters. The Labute approximate surface area is 136 Å². The molecule has 1 saturated carbocycles. The van der Waals surface area contributed by atoms with Crippen molar-refractivity contribution in [1.82, 2.24) is 9.80 Å². The zero-order valence-corrected chi connectivity index (χ0v) is 13.9. The lowest BCUT2D eigenvalue weighted by molar-refractivity contribution is -0.134.